The highest BCUT2D eigenvalue weighted by atomic mass is 32.1. The molecule has 0 radical (unpaired) electrons. The summed E-state index contributed by atoms with van der Waals surface area (Å²) in [7, 11) is 3.89. The Balaban J connectivity index is 2.17. The van der Waals surface area contributed by atoms with Gasteiger partial charge in [-0.1, -0.05) is 0 Å². The molecule has 0 atom stereocenters. The number of thiazole rings is 1. The molecule has 0 bridgehead atoms. The number of hydrogen-bond acceptors (Lipinski definition) is 4. The Morgan fingerprint density at radius 3 is 3.07 bits per heavy atom. The molecule has 1 N–H and O–H groups in total. The minimum atomic E-state index is 0.971. The molecule has 0 saturated heterocycles. The molecule has 0 fully saturated rings. The lowest BCUT2D eigenvalue weighted by atomic mass is 10.3. The van der Waals surface area contributed by atoms with Gasteiger partial charge in [-0.25, -0.2) is 4.98 Å². The molecule has 0 unspecified atom stereocenters. The molecule has 15 heavy (non-hydrogen) atoms. The van der Waals surface area contributed by atoms with Gasteiger partial charge in [0.1, 0.15) is 0 Å². The van der Waals surface area contributed by atoms with Crippen LogP contribution in [0.25, 0.3) is 11.4 Å². The van der Waals surface area contributed by atoms with E-state index in [0.717, 1.165) is 24.4 Å². The van der Waals surface area contributed by atoms with Crippen LogP contribution in [-0.4, -0.2) is 28.4 Å². The lowest BCUT2D eigenvalue weighted by Gasteiger charge is -1.96. The van der Waals surface area contributed by atoms with E-state index in [-0.39, 0.29) is 0 Å². The third-order valence-electron chi connectivity index (χ3n) is 2.22. The summed E-state index contributed by atoms with van der Waals surface area (Å²) in [6.07, 6.45) is 2.78. The molecular formula is C10H14N4S. The van der Waals surface area contributed by atoms with E-state index in [1.54, 1.807) is 17.5 Å². The summed E-state index contributed by atoms with van der Waals surface area (Å²) in [4.78, 5) is 4.57. The van der Waals surface area contributed by atoms with Gasteiger partial charge in [0, 0.05) is 31.6 Å². The number of rotatable bonds is 4. The normalized spacial score (nSPS) is 10.8. The van der Waals surface area contributed by atoms with Gasteiger partial charge < -0.3 is 5.32 Å². The van der Waals surface area contributed by atoms with Gasteiger partial charge in [0.15, 0.2) is 0 Å². The van der Waals surface area contributed by atoms with Crippen molar-refractivity contribution in [3.63, 3.8) is 0 Å². The zero-order chi connectivity index (χ0) is 10.7. The maximum Gasteiger partial charge on any atom is 0.0995 e. The molecular weight excluding hydrogens is 208 g/mol. The predicted molar refractivity (Wildman–Crippen MR) is 61.9 cm³/mol. The van der Waals surface area contributed by atoms with E-state index in [0.29, 0.717) is 0 Å². The first kappa shape index (κ1) is 10.3. The maximum absolute atomic E-state index is 4.57. The molecule has 0 aliphatic rings. The third-order valence-corrected chi connectivity index (χ3v) is 3.13. The van der Waals surface area contributed by atoms with E-state index in [4.69, 9.17) is 0 Å². The van der Waals surface area contributed by atoms with Crippen LogP contribution in [0.15, 0.2) is 17.6 Å². The van der Waals surface area contributed by atoms with Crippen molar-refractivity contribution >= 4 is 11.3 Å². The Hall–Kier alpha value is -1.20. The average Bonchev–Trinajstić information content (AvgIpc) is 2.83. The molecule has 0 aliphatic carbocycles. The Kier molecular flexibility index (Phi) is 3.13. The van der Waals surface area contributed by atoms with Crippen LogP contribution < -0.4 is 5.32 Å². The second-order valence-corrected chi connectivity index (χ2v) is 4.26. The van der Waals surface area contributed by atoms with E-state index >= 15 is 0 Å². The number of aromatic nitrogens is 3. The monoisotopic (exact) mass is 222 g/mol. The minimum absolute atomic E-state index is 0.971. The summed E-state index contributed by atoms with van der Waals surface area (Å²) in [6.45, 7) is 0.971. The smallest absolute Gasteiger partial charge is 0.0995 e. The summed E-state index contributed by atoms with van der Waals surface area (Å²) in [5.41, 5.74) is 2.09. The number of aryl methyl sites for hydroxylation is 1. The Labute approximate surface area is 93.0 Å². The first-order chi connectivity index (χ1) is 7.31. The van der Waals surface area contributed by atoms with Gasteiger partial charge in [-0.2, -0.15) is 5.10 Å². The lowest BCUT2D eigenvalue weighted by molar-refractivity contribution is 0.770. The second kappa shape index (κ2) is 4.55. The van der Waals surface area contributed by atoms with Gasteiger partial charge in [-0.3, -0.25) is 4.68 Å². The summed E-state index contributed by atoms with van der Waals surface area (Å²) >= 11 is 1.70. The van der Waals surface area contributed by atoms with Gasteiger partial charge in [-0.05, 0) is 13.1 Å². The van der Waals surface area contributed by atoms with E-state index < -0.39 is 0 Å². The Bertz CT molecular complexity index is 432. The van der Waals surface area contributed by atoms with E-state index in [1.165, 1.54) is 5.01 Å². The fourth-order valence-electron chi connectivity index (χ4n) is 1.40. The van der Waals surface area contributed by atoms with Crippen molar-refractivity contribution in [1.29, 1.82) is 0 Å². The van der Waals surface area contributed by atoms with Crippen LogP contribution in [0.4, 0.5) is 0 Å². The molecule has 2 aromatic rings. The molecule has 2 heterocycles. The number of nitrogens with zero attached hydrogens (tertiary/aromatic N) is 3. The zero-order valence-corrected chi connectivity index (χ0v) is 9.71. The van der Waals surface area contributed by atoms with Crippen LogP contribution in [0.1, 0.15) is 5.01 Å². The quantitative estimate of drug-likeness (QED) is 0.848. The maximum atomic E-state index is 4.57. The SMILES string of the molecule is CNCCc1nc(-c2ccnn2C)cs1. The van der Waals surface area contributed by atoms with Crippen molar-refractivity contribution in [2.24, 2.45) is 7.05 Å². The third kappa shape index (κ3) is 2.24. The van der Waals surface area contributed by atoms with Gasteiger partial charge in [-0.15, -0.1) is 11.3 Å². The van der Waals surface area contributed by atoms with Crippen LogP contribution >= 0.6 is 11.3 Å². The van der Waals surface area contributed by atoms with E-state index in [1.807, 2.05) is 24.8 Å². The Morgan fingerprint density at radius 1 is 1.53 bits per heavy atom. The second-order valence-electron chi connectivity index (χ2n) is 3.32. The molecule has 2 aromatic heterocycles. The van der Waals surface area contributed by atoms with Crippen LogP contribution in [0.2, 0.25) is 0 Å². The average molecular weight is 222 g/mol. The molecule has 0 amide bonds. The van der Waals surface area contributed by atoms with Gasteiger partial charge in [0.05, 0.1) is 16.4 Å². The van der Waals surface area contributed by atoms with Crippen molar-refractivity contribution < 1.29 is 0 Å². The standard InChI is InChI=1S/C10H14N4S/c1-11-5-4-10-13-8(7-15-10)9-3-6-12-14(9)2/h3,6-7,11H,4-5H2,1-2H3. The van der Waals surface area contributed by atoms with E-state index in [9.17, 15) is 0 Å². The molecule has 2 rings (SSSR count). The van der Waals surface area contributed by atoms with Crippen LogP contribution in [0.3, 0.4) is 0 Å². The number of hydrogen-bond donors (Lipinski definition) is 1. The molecule has 0 spiro atoms. The molecule has 0 saturated carbocycles. The van der Waals surface area contributed by atoms with Crippen LogP contribution in [0, 0.1) is 0 Å². The Morgan fingerprint density at radius 2 is 2.40 bits per heavy atom. The molecule has 5 heteroatoms. The van der Waals surface area contributed by atoms with Crippen LogP contribution in [-0.2, 0) is 13.5 Å². The molecule has 0 aliphatic heterocycles. The van der Waals surface area contributed by atoms with Gasteiger partial charge in [0.25, 0.3) is 0 Å². The summed E-state index contributed by atoms with van der Waals surface area (Å²) in [6, 6.07) is 1.98. The zero-order valence-electron chi connectivity index (χ0n) is 8.90. The summed E-state index contributed by atoms with van der Waals surface area (Å²) in [5, 5.41) is 10.5. The van der Waals surface area contributed by atoms with E-state index in [2.05, 4.69) is 20.8 Å². The van der Waals surface area contributed by atoms with Gasteiger partial charge in [0.2, 0.25) is 0 Å². The van der Waals surface area contributed by atoms with Crippen molar-refractivity contribution in [3.8, 4) is 11.4 Å². The number of nitrogens with one attached hydrogen (secondary N) is 1. The van der Waals surface area contributed by atoms with Crippen molar-refractivity contribution in [2.75, 3.05) is 13.6 Å². The molecule has 4 nitrogen and oxygen atoms in total. The van der Waals surface area contributed by atoms with Crippen molar-refractivity contribution in [3.05, 3.63) is 22.7 Å². The summed E-state index contributed by atoms with van der Waals surface area (Å²) in [5.74, 6) is 0. The highest BCUT2D eigenvalue weighted by Crippen LogP contribution is 2.20. The largest absolute Gasteiger partial charge is 0.319 e. The minimum Gasteiger partial charge on any atom is -0.319 e. The molecule has 80 valence electrons. The van der Waals surface area contributed by atoms with Gasteiger partial charge >= 0.3 is 0 Å². The molecule has 0 aromatic carbocycles. The van der Waals surface area contributed by atoms with Crippen molar-refractivity contribution in [2.45, 2.75) is 6.42 Å². The highest BCUT2D eigenvalue weighted by Gasteiger charge is 2.07. The lowest BCUT2D eigenvalue weighted by Crippen LogP contribution is -2.10. The van der Waals surface area contributed by atoms with Crippen LogP contribution in [0.5, 0.6) is 0 Å². The highest BCUT2D eigenvalue weighted by molar-refractivity contribution is 7.09. The fraction of sp³-hybridized carbons (Fsp3) is 0.400. The number of likely N-dealkylation sites (N-methyl/N-ethyl adjacent to an activating group) is 1. The first-order valence-electron chi connectivity index (χ1n) is 4.88. The topological polar surface area (TPSA) is 42.7 Å². The predicted octanol–water partition coefficient (Wildman–Crippen LogP) is 1.31. The fourth-order valence-corrected chi connectivity index (χ4v) is 2.19. The first-order valence-corrected chi connectivity index (χ1v) is 5.76. The summed E-state index contributed by atoms with van der Waals surface area (Å²) < 4.78 is 1.84. The van der Waals surface area contributed by atoms with Crippen molar-refractivity contribution in [1.82, 2.24) is 20.1 Å².